The van der Waals surface area contributed by atoms with Crippen molar-refractivity contribution in [1.82, 2.24) is 35.8 Å². The molecule has 1 aliphatic rings. The van der Waals surface area contributed by atoms with Gasteiger partial charge in [-0.3, -0.25) is 24.2 Å². The highest BCUT2D eigenvalue weighted by atomic mass is 16.3. The molecule has 1 fully saturated rings. The van der Waals surface area contributed by atoms with E-state index in [9.17, 15) is 14.7 Å². The number of rotatable bonds is 7. The van der Waals surface area contributed by atoms with Gasteiger partial charge in [0.15, 0.2) is 0 Å². The molecule has 2 amide bonds. The normalized spacial score (nSPS) is 20.5. The van der Waals surface area contributed by atoms with Crippen LogP contribution in [0.3, 0.4) is 0 Å². The van der Waals surface area contributed by atoms with Gasteiger partial charge < -0.3 is 20.8 Å². The minimum Gasteiger partial charge on any atom is -0.483 e. The number of aliphatic hydroxyl groups excluding tert-OH is 1. The maximum atomic E-state index is 12.4. The first-order valence-corrected chi connectivity index (χ1v) is 9.61. The van der Waals surface area contributed by atoms with Crippen LogP contribution >= 0.6 is 0 Å². The van der Waals surface area contributed by atoms with Crippen LogP contribution in [0.5, 0.6) is 0 Å². The molecule has 12 heteroatoms. The van der Waals surface area contributed by atoms with E-state index >= 15 is 0 Å². The third kappa shape index (κ3) is 7.28. The molecule has 2 aromatic rings. The Bertz CT molecular complexity index is 808. The molecule has 2 heterocycles. The predicted molar refractivity (Wildman–Crippen MR) is 104 cm³/mol. The van der Waals surface area contributed by atoms with Crippen LogP contribution in [0.1, 0.15) is 30.7 Å². The monoisotopic (exact) mass is 421 g/mol. The molecule has 12 nitrogen and oxygen atoms in total. The van der Waals surface area contributed by atoms with E-state index in [2.05, 4.69) is 31.1 Å². The molecule has 0 spiro atoms. The van der Waals surface area contributed by atoms with Gasteiger partial charge in [-0.2, -0.15) is 5.10 Å². The van der Waals surface area contributed by atoms with Crippen LogP contribution < -0.4 is 10.6 Å². The lowest BCUT2D eigenvalue weighted by molar-refractivity contribution is -0.129. The Morgan fingerprint density at radius 2 is 2.17 bits per heavy atom. The van der Waals surface area contributed by atoms with Gasteiger partial charge in [0.2, 0.25) is 11.8 Å². The molecule has 3 rings (SSSR count). The van der Waals surface area contributed by atoms with Crippen LogP contribution in [0.15, 0.2) is 18.5 Å². The SMILES string of the molecule is Cc1cn(CCNC(=O)[C@H]2CC[C@@H](O)[C@H](NC(=O)Cc3ccn[nH]3)C2)nn1.O=CO. The molecule has 0 aromatic carbocycles. The Labute approximate surface area is 173 Å². The summed E-state index contributed by atoms with van der Waals surface area (Å²) in [4.78, 5) is 32.9. The number of nitrogens with one attached hydrogen (secondary N) is 3. The molecule has 0 aliphatic heterocycles. The fourth-order valence-electron chi connectivity index (χ4n) is 3.30. The zero-order valence-electron chi connectivity index (χ0n) is 16.7. The fraction of sp³-hybridized carbons (Fsp3) is 0.556. The van der Waals surface area contributed by atoms with Crippen molar-refractivity contribution in [2.24, 2.45) is 5.92 Å². The number of aryl methyl sites for hydroxylation is 1. The summed E-state index contributed by atoms with van der Waals surface area (Å²) in [7, 11) is 0. The Morgan fingerprint density at radius 3 is 2.80 bits per heavy atom. The van der Waals surface area contributed by atoms with Gasteiger partial charge in [-0.05, 0) is 32.3 Å². The van der Waals surface area contributed by atoms with E-state index in [4.69, 9.17) is 9.90 Å². The van der Waals surface area contributed by atoms with Gasteiger partial charge in [-0.1, -0.05) is 5.21 Å². The van der Waals surface area contributed by atoms with Gasteiger partial charge in [0.25, 0.3) is 6.47 Å². The van der Waals surface area contributed by atoms with Crippen LogP contribution in [0, 0.1) is 12.8 Å². The van der Waals surface area contributed by atoms with Crippen LogP contribution in [0.25, 0.3) is 0 Å². The molecule has 0 radical (unpaired) electrons. The van der Waals surface area contributed by atoms with E-state index in [-0.39, 0.29) is 30.6 Å². The number of aliphatic hydroxyl groups is 1. The molecular weight excluding hydrogens is 394 g/mol. The third-order valence-corrected chi connectivity index (χ3v) is 4.73. The van der Waals surface area contributed by atoms with E-state index in [1.165, 1.54) is 0 Å². The van der Waals surface area contributed by atoms with Gasteiger partial charge in [0.05, 0.1) is 30.8 Å². The number of amides is 2. The van der Waals surface area contributed by atoms with Crippen molar-refractivity contribution in [3.05, 3.63) is 29.8 Å². The summed E-state index contributed by atoms with van der Waals surface area (Å²) in [6.07, 6.45) is 4.42. The highest BCUT2D eigenvalue weighted by Crippen LogP contribution is 2.25. The molecule has 30 heavy (non-hydrogen) atoms. The van der Waals surface area contributed by atoms with Crippen LogP contribution in [-0.2, 0) is 27.3 Å². The number of hydrogen-bond donors (Lipinski definition) is 5. The number of carbonyl (C=O) groups excluding carboxylic acids is 2. The number of aromatic nitrogens is 5. The number of H-pyrrole nitrogens is 1. The number of nitrogens with zero attached hydrogens (tertiary/aromatic N) is 4. The molecule has 164 valence electrons. The summed E-state index contributed by atoms with van der Waals surface area (Å²) in [6, 6.07) is 1.30. The van der Waals surface area contributed by atoms with E-state index in [0.29, 0.717) is 38.0 Å². The molecule has 2 aromatic heterocycles. The first-order chi connectivity index (χ1) is 14.4. The Kier molecular flexibility index (Phi) is 8.94. The van der Waals surface area contributed by atoms with Crippen LogP contribution in [-0.4, -0.2) is 72.4 Å². The average Bonchev–Trinajstić information content (AvgIpc) is 3.35. The van der Waals surface area contributed by atoms with Crippen molar-refractivity contribution in [1.29, 1.82) is 0 Å². The predicted octanol–water partition coefficient (Wildman–Crippen LogP) is -0.985. The standard InChI is InChI=1S/C17H25N7O3.CH2O2/c1-11-10-24(23-21-11)7-6-18-17(27)12-2-3-15(25)14(8-12)20-16(26)9-13-4-5-19-22-13;2-1-3/h4-5,10,12,14-15,25H,2-3,6-9H2,1H3,(H,18,27)(H,19,22)(H,20,26);1H,(H,2,3)/t12-,14+,15+;/m0./s1. The van der Waals surface area contributed by atoms with E-state index in [0.717, 1.165) is 5.69 Å². The Morgan fingerprint density at radius 1 is 1.40 bits per heavy atom. The lowest BCUT2D eigenvalue weighted by Crippen LogP contribution is -2.50. The molecule has 0 saturated heterocycles. The fourth-order valence-corrected chi connectivity index (χ4v) is 3.30. The summed E-state index contributed by atoms with van der Waals surface area (Å²) in [5.74, 6) is -0.499. The van der Waals surface area contributed by atoms with Crippen molar-refractivity contribution in [3.63, 3.8) is 0 Å². The number of aromatic amines is 1. The summed E-state index contributed by atoms with van der Waals surface area (Å²) in [5, 5.41) is 37.2. The van der Waals surface area contributed by atoms with Gasteiger partial charge in [-0.25, -0.2) is 0 Å². The van der Waals surface area contributed by atoms with E-state index in [1.807, 2.05) is 13.1 Å². The van der Waals surface area contributed by atoms with Crippen molar-refractivity contribution in [2.45, 2.75) is 51.3 Å². The summed E-state index contributed by atoms with van der Waals surface area (Å²) in [6.45, 7) is 2.61. The number of carbonyl (C=O) groups is 3. The highest BCUT2D eigenvalue weighted by Gasteiger charge is 2.33. The van der Waals surface area contributed by atoms with Gasteiger partial charge in [0.1, 0.15) is 0 Å². The second-order valence-electron chi connectivity index (χ2n) is 7.03. The minimum atomic E-state index is -0.641. The van der Waals surface area contributed by atoms with Gasteiger partial charge in [0, 0.05) is 30.6 Å². The summed E-state index contributed by atoms with van der Waals surface area (Å²) in [5.41, 5.74) is 1.53. The first kappa shape index (κ1) is 23.0. The smallest absolute Gasteiger partial charge is 0.290 e. The molecule has 0 bridgehead atoms. The van der Waals surface area contributed by atoms with Crippen LogP contribution in [0.4, 0.5) is 0 Å². The number of hydrogen-bond acceptors (Lipinski definition) is 7. The van der Waals surface area contributed by atoms with Crippen LogP contribution in [0.2, 0.25) is 0 Å². The summed E-state index contributed by atoms with van der Waals surface area (Å²) < 4.78 is 1.68. The maximum absolute atomic E-state index is 12.4. The zero-order chi connectivity index (χ0) is 21.9. The van der Waals surface area contributed by atoms with E-state index < -0.39 is 12.1 Å². The molecular formula is C18H27N7O5. The summed E-state index contributed by atoms with van der Waals surface area (Å²) >= 11 is 0. The van der Waals surface area contributed by atoms with Crippen molar-refractivity contribution in [3.8, 4) is 0 Å². The lowest BCUT2D eigenvalue weighted by Gasteiger charge is -2.33. The Balaban J connectivity index is 0.00000101. The maximum Gasteiger partial charge on any atom is 0.290 e. The van der Waals surface area contributed by atoms with Crippen molar-refractivity contribution >= 4 is 18.3 Å². The second kappa shape index (κ2) is 11.7. The second-order valence-corrected chi connectivity index (χ2v) is 7.03. The lowest BCUT2D eigenvalue weighted by atomic mass is 9.83. The molecule has 1 aliphatic carbocycles. The van der Waals surface area contributed by atoms with Gasteiger partial charge >= 0.3 is 0 Å². The minimum absolute atomic E-state index is 0.0634. The molecule has 5 N–H and O–H groups in total. The zero-order valence-corrected chi connectivity index (χ0v) is 16.7. The number of carboxylic acid groups (broad SMARTS) is 1. The molecule has 1 saturated carbocycles. The largest absolute Gasteiger partial charge is 0.483 e. The third-order valence-electron chi connectivity index (χ3n) is 4.73. The quantitative estimate of drug-likeness (QED) is 0.354. The Hall–Kier alpha value is -3.28. The molecule has 0 unspecified atom stereocenters. The van der Waals surface area contributed by atoms with Crippen molar-refractivity contribution in [2.75, 3.05) is 6.54 Å². The average molecular weight is 421 g/mol. The topological polar surface area (TPSA) is 175 Å². The first-order valence-electron chi connectivity index (χ1n) is 9.61. The molecule has 3 atom stereocenters. The van der Waals surface area contributed by atoms with Crippen molar-refractivity contribution < 1.29 is 24.6 Å². The van der Waals surface area contributed by atoms with E-state index in [1.54, 1.807) is 16.9 Å². The highest BCUT2D eigenvalue weighted by molar-refractivity contribution is 5.80. The van der Waals surface area contributed by atoms with Gasteiger partial charge in [-0.15, -0.1) is 5.10 Å².